The molecule has 0 aliphatic rings. The zero-order valence-electron chi connectivity index (χ0n) is 10.7. The SMILES string of the molecule is Cc1cc(C(N)=S)cc(Nc2ccc(C)c(F)c2)n1. The van der Waals surface area contributed by atoms with Gasteiger partial charge in [-0.25, -0.2) is 9.37 Å². The summed E-state index contributed by atoms with van der Waals surface area (Å²) in [6.45, 7) is 3.57. The molecular weight excluding hydrogens is 261 g/mol. The number of benzene rings is 1. The van der Waals surface area contributed by atoms with Crippen molar-refractivity contribution < 1.29 is 4.39 Å². The van der Waals surface area contributed by atoms with E-state index in [0.717, 1.165) is 11.3 Å². The molecule has 0 spiro atoms. The lowest BCUT2D eigenvalue weighted by Gasteiger charge is -2.09. The smallest absolute Gasteiger partial charge is 0.131 e. The number of rotatable bonds is 3. The second kappa shape index (κ2) is 5.32. The van der Waals surface area contributed by atoms with Gasteiger partial charge in [-0.15, -0.1) is 0 Å². The average Bonchev–Trinajstić information content (AvgIpc) is 2.33. The third-order valence-electron chi connectivity index (χ3n) is 2.68. The van der Waals surface area contributed by atoms with E-state index in [-0.39, 0.29) is 5.82 Å². The van der Waals surface area contributed by atoms with Crippen LogP contribution in [-0.4, -0.2) is 9.97 Å². The van der Waals surface area contributed by atoms with Gasteiger partial charge < -0.3 is 11.1 Å². The monoisotopic (exact) mass is 275 g/mol. The minimum atomic E-state index is -0.257. The number of hydrogen-bond acceptors (Lipinski definition) is 3. The molecule has 0 aliphatic heterocycles. The first kappa shape index (κ1) is 13.4. The van der Waals surface area contributed by atoms with Crippen molar-refractivity contribution >= 4 is 28.7 Å². The molecule has 0 atom stereocenters. The Labute approximate surface area is 116 Å². The summed E-state index contributed by atoms with van der Waals surface area (Å²) in [7, 11) is 0. The van der Waals surface area contributed by atoms with Crippen molar-refractivity contribution in [3.8, 4) is 0 Å². The fourth-order valence-electron chi connectivity index (χ4n) is 1.69. The van der Waals surface area contributed by atoms with Crippen molar-refractivity contribution in [2.75, 3.05) is 5.32 Å². The van der Waals surface area contributed by atoms with Gasteiger partial charge in [0.1, 0.15) is 16.6 Å². The van der Waals surface area contributed by atoms with Crippen molar-refractivity contribution in [2.45, 2.75) is 13.8 Å². The highest BCUT2D eigenvalue weighted by atomic mass is 32.1. The van der Waals surface area contributed by atoms with Crippen LogP contribution in [0.15, 0.2) is 30.3 Å². The molecule has 19 heavy (non-hydrogen) atoms. The first-order chi connectivity index (χ1) is 8.95. The van der Waals surface area contributed by atoms with E-state index in [4.69, 9.17) is 18.0 Å². The highest BCUT2D eigenvalue weighted by molar-refractivity contribution is 7.80. The topological polar surface area (TPSA) is 50.9 Å². The van der Waals surface area contributed by atoms with Crippen LogP contribution in [-0.2, 0) is 0 Å². The van der Waals surface area contributed by atoms with Crippen molar-refractivity contribution in [1.82, 2.24) is 4.98 Å². The molecule has 1 aromatic carbocycles. The molecule has 0 aliphatic carbocycles. The van der Waals surface area contributed by atoms with Gasteiger partial charge in [-0.1, -0.05) is 18.3 Å². The maximum Gasteiger partial charge on any atom is 0.131 e. The highest BCUT2D eigenvalue weighted by Gasteiger charge is 2.04. The maximum absolute atomic E-state index is 13.5. The molecular formula is C14H14FN3S. The van der Waals surface area contributed by atoms with Gasteiger partial charge in [-0.2, -0.15) is 0 Å². The molecule has 3 nitrogen and oxygen atoms in total. The summed E-state index contributed by atoms with van der Waals surface area (Å²) in [6, 6.07) is 8.49. The number of pyridine rings is 1. The average molecular weight is 275 g/mol. The second-order valence-corrected chi connectivity index (χ2v) is 4.78. The van der Waals surface area contributed by atoms with Gasteiger partial charge in [0.2, 0.25) is 0 Å². The Kier molecular flexibility index (Phi) is 3.76. The third-order valence-corrected chi connectivity index (χ3v) is 2.92. The molecule has 2 aromatic rings. The Morgan fingerprint density at radius 2 is 2.00 bits per heavy atom. The fourth-order valence-corrected chi connectivity index (χ4v) is 1.81. The van der Waals surface area contributed by atoms with Gasteiger partial charge in [0.05, 0.1) is 0 Å². The predicted octanol–water partition coefficient (Wildman–Crippen LogP) is 3.22. The second-order valence-electron chi connectivity index (χ2n) is 4.34. The maximum atomic E-state index is 13.5. The van der Waals surface area contributed by atoms with Gasteiger partial charge in [0.15, 0.2) is 0 Å². The predicted molar refractivity (Wildman–Crippen MR) is 79.3 cm³/mol. The molecule has 5 heteroatoms. The van der Waals surface area contributed by atoms with E-state index in [9.17, 15) is 4.39 Å². The normalized spacial score (nSPS) is 10.3. The van der Waals surface area contributed by atoms with Crippen LogP contribution in [0.25, 0.3) is 0 Å². The lowest BCUT2D eigenvalue weighted by Crippen LogP contribution is -2.10. The van der Waals surface area contributed by atoms with E-state index in [1.165, 1.54) is 6.07 Å². The van der Waals surface area contributed by atoms with Crippen molar-refractivity contribution in [3.05, 3.63) is 53.0 Å². The number of nitrogens with two attached hydrogens (primary N) is 1. The lowest BCUT2D eigenvalue weighted by atomic mass is 10.2. The first-order valence-electron chi connectivity index (χ1n) is 5.77. The molecule has 2 rings (SSSR count). The van der Waals surface area contributed by atoms with Gasteiger partial charge in [0.25, 0.3) is 0 Å². The van der Waals surface area contributed by atoms with E-state index >= 15 is 0 Å². The molecule has 0 saturated carbocycles. The van der Waals surface area contributed by atoms with Crippen molar-refractivity contribution in [2.24, 2.45) is 5.73 Å². The molecule has 0 fully saturated rings. The summed E-state index contributed by atoms with van der Waals surface area (Å²) in [4.78, 5) is 4.62. The highest BCUT2D eigenvalue weighted by Crippen LogP contribution is 2.19. The van der Waals surface area contributed by atoms with Crippen molar-refractivity contribution in [3.63, 3.8) is 0 Å². The zero-order valence-corrected chi connectivity index (χ0v) is 11.5. The van der Waals surface area contributed by atoms with Gasteiger partial charge in [-0.05, 0) is 43.7 Å². The van der Waals surface area contributed by atoms with Crippen LogP contribution in [0.4, 0.5) is 15.9 Å². The number of anilines is 2. The Morgan fingerprint density at radius 1 is 1.26 bits per heavy atom. The quantitative estimate of drug-likeness (QED) is 0.845. The van der Waals surface area contributed by atoms with Crippen LogP contribution < -0.4 is 11.1 Å². The van der Waals surface area contributed by atoms with E-state index < -0.39 is 0 Å². The Balaban J connectivity index is 2.32. The largest absolute Gasteiger partial charge is 0.389 e. The standard InChI is InChI=1S/C14H14FN3S/c1-8-3-4-11(7-12(8)15)18-13-6-10(14(16)19)5-9(2)17-13/h3-7H,1-2H3,(H2,16,19)(H,17,18). The van der Waals surface area contributed by atoms with Crippen LogP contribution in [0.2, 0.25) is 0 Å². The molecule has 0 unspecified atom stereocenters. The number of nitrogens with one attached hydrogen (secondary N) is 1. The molecule has 3 N–H and O–H groups in total. The summed E-state index contributed by atoms with van der Waals surface area (Å²) in [5, 5.41) is 3.04. The van der Waals surface area contributed by atoms with Crippen molar-refractivity contribution in [1.29, 1.82) is 0 Å². The number of hydrogen-bond donors (Lipinski definition) is 2. The molecule has 0 bridgehead atoms. The van der Waals surface area contributed by atoms with Crippen LogP contribution in [0.1, 0.15) is 16.8 Å². The summed E-state index contributed by atoms with van der Waals surface area (Å²) < 4.78 is 13.5. The van der Waals surface area contributed by atoms with E-state index in [1.54, 1.807) is 25.1 Å². The van der Waals surface area contributed by atoms with Crippen LogP contribution >= 0.6 is 12.2 Å². The first-order valence-corrected chi connectivity index (χ1v) is 6.18. The van der Waals surface area contributed by atoms with Crippen LogP contribution in [0.5, 0.6) is 0 Å². The summed E-state index contributed by atoms with van der Waals surface area (Å²) in [5.41, 5.74) is 8.37. The Bertz CT molecular complexity index is 641. The van der Waals surface area contributed by atoms with Gasteiger partial charge in [-0.3, -0.25) is 0 Å². The molecule has 0 radical (unpaired) electrons. The molecule has 1 heterocycles. The van der Waals surface area contributed by atoms with Crippen LogP contribution in [0.3, 0.4) is 0 Å². The number of aromatic nitrogens is 1. The number of aryl methyl sites for hydroxylation is 2. The minimum Gasteiger partial charge on any atom is -0.389 e. The third kappa shape index (κ3) is 3.26. The lowest BCUT2D eigenvalue weighted by molar-refractivity contribution is 0.619. The summed E-state index contributed by atoms with van der Waals surface area (Å²) in [5.74, 6) is 0.332. The number of halogens is 1. The minimum absolute atomic E-state index is 0.257. The van der Waals surface area contributed by atoms with Gasteiger partial charge >= 0.3 is 0 Å². The van der Waals surface area contributed by atoms with Crippen LogP contribution in [0, 0.1) is 19.7 Å². The Morgan fingerprint density at radius 3 is 2.63 bits per heavy atom. The summed E-state index contributed by atoms with van der Waals surface area (Å²) >= 11 is 4.95. The number of thiocarbonyl (C=S) groups is 1. The molecule has 0 saturated heterocycles. The van der Waals surface area contributed by atoms with E-state index in [0.29, 0.717) is 22.1 Å². The van der Waals surface area contributed by atoms with E-state index in [1.807, 2.05) is 13.0 Å². The van der Waals surface area contributed by atoms with Gasteiger partial charge in [0, 0.05) is 16.9 Å². The summed E-state index contributed by atoms with van der Waals surface area (Å²) in [6.07, 6.45) is 0. The Hall–Kier alpha value is -2.01. The molecule has 1 aromatic heterocycles. The van der Waals surface area contributed by atoms with E-state index in [2.05, 4.69) is 10.3 Å². The number of nitrogens with zero attached hydrogens (tertiary/aromatic N) is 1. The fraction of sp³-hybridized carbons (Fsp3) is 0.143. The molecule has 98 valence electrons. The zero-order chi connectivity index (χ0) is 14.0. The molecule has 0 amide bonds.